The van der Waals surface area contributed by atoms with Crippen LogP contribution in [-0.2, 0) is 16.7 Å². The van der Waals surface area contributed by atoms with E-state index in [9.17, 15) is 19.5 Å². The van der Waals surface area contributed by atoms with Crippen LogP contribution in [0, 0.1) is 12.8 Å². The molecule has 216 valence electrons. The number of likely N-dealkylation sites (tertiary alicyclic amines) is 1. The SMILES string of the molecule is CON(C(=O)c1ccc(C)c(Oc2ccnc(CC3CCN(C(=O)O)CC3)c2)c1)c1cc(C=O)cc(C(C)(C)C)c1. The fourth-order valence-corrected chi connectivity index (χ4v) is 4.90. The topological polar surface area (TPSA) is 109 Å². The second-order valence-corrected chi connectivity index (χ2v) is 11.4. The first-order chi connectivity index (χ1) is 19.5. The molecule has 3 aromatic rings. The molecule has 1 fully saturated rings. The minimum atomic E-state index is -0.870. The summed E-state index contributed by atoms with van der Waals surface area (Å²) in [6, 6.07) is 14.2. The molecule has 1 saturated heterocycles. The summed E-state index contributed by atoms with van der Waals surface area (Å²) >= 11 is 0. The van der Waals surface area contributed by atoms with Gasteiger partial charge in [-0.3, -0.25) is 19.4 Å². The molecule has 0 unspecified atom stereocenters. The second kappa shape index (κ2) is 12.5. The summed E-state index contributed by atoms with van der Waals surface area (Å²) in [5, 5.41) is 10.4. The van der Waals surface area contributed by atoms with Gasteiger partial charge < -0.3 is 14.7 Å². The third-order valence-electron chi connectivity index (χ3n) is 7.38. The number of carbonyl (C=O) groups excluding carboxylic acids is 2. The molecule has 2 amide bonds. The fourth-order valence-electron chi connectivity index (χ4n) is 4.90. The number of anilines is 1. The van der Waals surface area contributed by atoms with Gasteiger partial charge in [0.1, 0.15) is 17.8 Å². The third-order valence-corrected chi connectivity index (χ3v) is 7.38. The van der Waals surface area contributed by atoms with Crippen molar-refractivity contribution in [3.05, 3.63) is 82.7 Å². The summed E-state index contributed by atoms with van der Waals surface area (Å²) in [6.07, 6.45) is 3.92. The molecule has 4 rings (SSSR count). The maximum absolute atomic E-state index is 13.6. The zero-order valence-electron chi connectivity index (χ0n) is 24.2. The van der Waals surface area contributed by atoms with Gasteiger partial charge in [0.2, 0.25) is 0 Å². The summed E-state index contributed by atoms with van der Waals surface area (Å²) in [5.41, 5.74) is 3.67. The molecule has 1 aliphatic heterocycles. The number of hydrogen-bond acceptors (Lipinski definition) is 6. The summed E-state index contributed by atoms with van der Waals surface area (Å²) in [7, 11) is 1.41. The smallest absolute Gasteiger partial charge is 0.407 e. The van der Waals surface area contributed by atoms with E-state index in [2.05, 4.69) is 4.98 Å². The number of pyridine rings is 1. The Hall–Kier alpha value is -4.24. The van der Waals surface area contributed by atoms with Crippen LogP contribution in [0.5, 0.6) is 11.5 Å². The van der Waals surface area contributed by atoms with Gasteiger partial charge in [-0.05, 0) is 85.0 Å². The lowest BCUT2D eigenvalue weighted by Gasteiger charge is -2.29. The predicted molar refractivity (Wildman–Crippen MR) is 156 cm³/mol. The number of aldehydes is 1. The molecule has 0 radical (unpaired) electrons. The number of hydrogen-bond donors (Lipinski definition) is 1. The Labute approximate surface area is 240 Å². The van der Waals surface area contributed by atoms with Crippen molar-refractivity contribution in [3.63, 3.8) is 0 Å². The first kappa shape index (κ1) is 29.7. The van der Waals surface area contributed by atoms with E-state index in [1.807, 2.05) is 52.0 Å². The van der Waals surface area contributed by atoms with Crippen LogP contribution in [0.3, 0.4) is 0 Å². The Morgan fingerprint density at radius 3 is 2.46 bits per heavy atom. The van der Waals surface area contributed by atoms with Gasteiger partial charge in [0, 0.05) is 42.2 Å². The zero-order valence-corrected chi connectivity index (χ0v) is 24.2. The number of carbonyl (C=O) groups is 3. The summed E-state index contributed by atoms with van der Waals surface area (Å²) in [4.78, 5) is 47.9. The van der Waals surface area contributed by atoms with Crippen molar-refractivity contribution in [2.75, 3.05) is 25.3 Å². The predicted octanol–water partition coefficient (Wildman–Crippen LogP) is 6.43. The maximum atomic E-state index is 13.6. The second-order valence-electron chi connectivity index (χ2n) is 11.4. The normalized spacial score (nSPS) is 14.0. The largest absolute Gasteiger partial charge is 0.465 e. The van der Waals surface area contributed by atoms with Crippen LogP contribution in [0.1, 0.15) is 71.1 Å². The molecular weight excluding hydrogens is 522 g/mol. The third kappa shape index (κ3) is 7.29. The van der Waals surface area contributed by atoms with E-state index in [1.54, 1.807) is 30.5 Å². The van der Waals surface area contributed by atoms with Gasteiger partial charge in [-0.15, -0.1) is 0 Å². The number of carboxylic acid groups (broad SMARTS) is 1. The molecule has 0 atom stereocenters. The molecule has 2 aromatic carbocycles. The Kier molecular flexibility index (Phi) is 9.08. The fraction of sp³-hybridized carbons (Fsp3) is 0.375. The average Bonchev–Trinajstić information content (AvgIpc) is 2.94. The van der Waals surface area contributed by atoms with E-state index in [1.165, 1.54) is 17.1 Å². The number of amides is 2. The number of aryl methyl sites for hydroxylation is 1. The molecule has 0 spiro atoms. The zero-order chi connectivity index (χ0) is 29.7. The number of hydroxylamine groups is 1. The van der Waals surface area contributed by atoms with E-state index in [0.717, 1.165) is 42.4 Å². The minimum absolute atomic E-state index is 0.236. The molecule has 0 saturated carbocycles. The standard InChI is InChI=1S/C32H37N3O6/c1-21-6-7-24(30(37)35(40-5)27-16-23(20-36)14-25(18-27)32(2,3)4)17-29(21)41-28-8-11-33-26(19-28)15-22-9-12-34(13-10-22)31(38)39/h6-8,11,14,16-20,22H,9-10,12-13,15H2,1-5H3,(H,38,39). The number of benzene rings is 2. The highest BCUT2D eigenvalue weighted by Gasteiger charge is 2.24. The van der Waals surface area contributed by atoms with Gasteiger partial charge in [0.25, 0.3) is 5.91 Å². The maximum Gasteiger partial charge on any atom is 0.407 e. The molecule has 2 heterocycles. The number of rotatable bonds is 8. The van der Waals surface area contributed by atoms with E-state index in [-0.39, 0.29) is 5.41 Å². The Morgan fingerprint density at radius 2 is 1.83 bits per heavy atom. The molecule has 9 heteroatoms. The lowest BCUT2D eigenvalue weighted by molar-refractivity contribution is 0.0772. The number of nitrogens with zero attached hydrogens (tertiary/aromatic N) is 3. The lowest BCUT2D eigenvalue weighted by atomic mass is 9.86. The Bertz CT molecular complexity index is 1420. The van der Waals surface area contributed by atoms with Crippen molar-refractivity contribution in [3.8, 4) is 11.5 Å². The van der Waals surface area contributed by atoms with Crippen LogP contribution < -0.4 is 9.80 Å². The number of ether oxygens (including phenoxy) is 1. The highest BCUT2D eigenvalue weighted by molar-refractivity contribution is 6.05. The Morgan fingerprint density at radius 1 is 1.10 bits per heavy atom. The lowest BCUT2D eigenvalue weighted by Crippen LogP contribution is -2.37. The first-order valence-corrected chi connectivity index (χ1v) is 13.7. The quantitative estimate of drug-likeness (QED) is 0.250. The van der Waals surface area contributed by atoms with E-state index >= 15 is 0 Å². The van der Waals surface area contributed by atoms with Crippen molar-refractivity contribution in [2.24, 2.45) is 5.92 Å². The molecular formula is C32H37N3O6. The summed E-state index contributed by atoms with van der Waals surface area (Å²) < 4.78 is 6.21. The molecule has 1 aromatic heterocycles. The highest BCUT2D eigenvalue weighted by Crippen LogP contribution is 2.31. The molecule has 41 heavy (non-hydrogen) atoms. The van der Waals surface area contributed by atoms with Gasteiger partial charge in [0.05, 0.1) is 12.8 Å². The van der Waals surface area contributed by atoms with Crippen LogP contribution >= 0.6 is 0 Å². The summed E-state index contributed by atoms with van der Waals surface area (Å²) in [5.74, 6) is 1.08. The minimum Gasteiger partial charge on any atom is -0.465 e. The monoisotopic (exact) mass is 559 g/mol. The molecule has 1 aliphatic rings. The van der Waals surface area contributed by atoms with Gasteiger partial charge in [-0.2, -0.15) is 5.06 Å². The van der Waals surface area contributed by atoms with Crippen LogP contribution in [0.2, 0.25) is 0 Å². The van der Waals surface area contributed by atoms with E-state index in [4.69, 9.17) is 9.57 Å². The van der Waals surface area contributed by atoms with E-state index < -0.39 is 12.0 Å². The van der Waals surface area contributed by atoms with Crippen molar-refractivity contribution in [2.45, 2.75) is 52.4 Å². The Balaban J connectivity index is 1.53. The molecule has 9 nitrogen and oxygen atoms in total. The van der Waals surface area contributed by atoms with Crippen LogP contribution in [0.15, 0.2) is 54.7 Å². The molecule has 0 bridgehead atoms. The van der Waals surface area contributed by atoms with Crippen molar-refractivity contribution in [1.29, 1.82) is 0 Å². The number of piperidine rings is 1. The van der Waals surface area contributed by atoms with Crippen molar-refractivity contribution >= 4 is 24.0 Å². The molecule has 0 aliphatic carbocycles. The van der Waals surface area contributed by atoms with Gasteiger partial charge in [0.15, 0.2) is 0 Å². The van der Waals surface area contributed by atoms with Gasteiger partial charge in [-0.25, -0.2) is 4.79 Å². The van der Waals surface area contributed by atoms with Crippen LogP contribution in [-0.4, -0.2) is 53.5 Å². The molecule has 1 N–H and O–H groups in total. The number of aromatic nitrogens is 1. The highest BCUT2D eigenvalue weighted by atomic mass is 16.7. The first-order valence-electron chi connectivity index (χ1n) is 13.7. The van der Waals surface area contributed by atoms with E-state index in [0.29, 0.717) is 47.3 Å². The van der Waals surface area contributed by atoms with Crippen LogP contribution in [0.25, 0.3) is 0 Å². The summed E-state index contributed by atoms with van der Waals surface area (Å²) in [6.45, 7) is 9.08. The van der Waals surface area contributed by atoms with Gasteiger partial charge >= 0.3 is 6.09 Å². The van der Waals surface area contributed by atoms with Gasteiger partial charge in [-0.1, -0.05) is 26.8 Å². The van der Waals surface area contributed by atoms with Crippen molar-refractivity contribution in [1.82, 2.24) is 9.88 Å². The van der Waals surface area contributed by atoms with Crippen LogP contribution in [0.4, 0.5) is 10.5 Å². The average molecular weight is 560 g/mol. The van der Waals surface area contributed by atoms with Crippen molar-refractivity contribution < 1.29 is 29.1 Å².